The van der Waals surface area contributed by atoms with Gasteiger partial charge in [0.2, 0.25) is 0 Å². The largest absolute Gasteiger partial charge is 0.507 e. The minimum Gasteiger partial charge on any atom is -0.507 e. The molecule has 2 heterocycles. The fraction of sp³-hybridized carbons (Fsp3) is 0.188. The van der Waals surface area contributed by atoms with Gasteiger partial charge in [-0.05, 0) is 56.7 Å². The predicted octanol–water partition coefficient (Wildman–Crippen LogP) is 6.28. The Morgan fingerprint density at radius 1 is 1.05 bits per heavy atom. The van der Waals surface area contributed by atoms with Crippen molar-refractivity contribution in [1.29, 1.82) is 0 Å². The summed E-state index contributed by atoms with van der Waals surface area (Å²) in [4.78, 5) is 44.8. The third-order valence-corrected chi connectivity index (χ3v) is 7.85. The van der Waals surface area contributed by atoms with E-state index in [0.717, 1.165) is 27.4 Å². The molecule has 0 spiro atoms. The minimum atomic E-state index is -1.33. The lowest BCUT2D eigenvalue weighted by Gasteiger charge is -2.23. The minimum absolute atomic E-state index is 0.00449. The quantitative estimate of drug-likeness (QED) is 0.112. The molecule has 1 aliphatic rings. The number of esters is 1. The van der Waals surface area contributed by atoms with E-state index < -0.39 is 35.3 Å². The Hall–Kier alpha value is -4.83. The van der Waals surface area contributed by atoms with Crippen molar-refractivity contribution in [2.45, 2.75) is 33.4 Å². The van der Waals surface area contributed by atoms with E-state index >= 15 is 4.39 Å². The van der Waals surface area contributed by atoms with Crippen molar-refractivity contribution in [3.05, 3.63) is 117 Å². The first kappa shape index (κ1) is 28.7. The zero-order valence-corrected chi connectivity index (χ0v) is 23.9. The van der Waals surface area contributed by atoms with Crippen LogP contribution >= 0.6 is 11.3 Å². The van der Waals surface area contributed by atoms with E-state index in [0.29, 0.717) is 18.1 Å². The van der Waals surface area contributed by atoms with Gasteiger partial charge in [-0.2, -0.15) is 0 Å². The van der Waals surface area contributed by atoms with Crippen molar-refractivity contribution in [2.75, 3.05) is 11.5 Å². The maximum atomic E-state index is 15.2. The van der Waals surface area contributed by atoms with E-state index in [2.05, 4.69) is 4.98 Å². The second-order valence-electron chi connectivity index (χ2n) is 9.62. The number of hydrogen-bond donors (Lipinski definition) is 1. The molecular weight excluding hydrogens is 559 g/mol. The monoisotopic (exact) mass is 586 g/mol. The number of ether oxygens (including phenoxy) is 2. The number of Topliss-reactive ketones (excluding diaryl/α,β-unsaturated/α-hetero) is 1. The highest BCUT2D eigenvalue weighted by Gasteiger charge is 2.49. The molecule has 0 saturated carbocycles. The number of nitrogens with zero attached hydrogens (tertiary/aromatic N) is 2. The molecule has 1 unspecified atom stereocenters. The van der Waals surface area contributed by atoms with Crippen molar-refractivity contribution in [3.8, 4) is 5.75 Å². The summed E-state index contributed by atoms with van der Waals surface area (Å²) in [5.41, 5.74) is 2.33. The Bertz CT molecular complexity index is 1710. The molecule has 0 radical (unpaired) electrons. The molecule has 0 aliphatic carbocycles. The Morgan fingerprint density at radius 3 is 2.48 bits per heavy atom. The number of aliphatic hydroxyl groups is 1. The molecule has 1 atom stereocenters. The van der Waals surface area contributed by atoms with Crippen LogP contribution in [0.15, 0.2) is 78.4 Å². The van der Waals surface area contributed by atoms with Gasteiger partial charge in [0, 0.05) is 11.1 Å². The van der Waals surface area contributed by atoms with Gasteiger partial charge in [0.25, 0.3) is 5.78 Å². The highest BCUT2D eigenvalue weighted by atomic mass is 32.1. The fourth-order valence-corrected chi connectivity index (χ4v) is 5.71. The Balaban J connectivity index is 1.53. The van der Waals surface area contributed by atoms with Crippen molar-refractivity contribution >= 4 is 39.9 Å². The number of ketones is 1. The fourth-order valence-electron chi connectivity index (χ4n) is 4.73. The van der Waals surface area contributed by atoms with Crippen LogP contribution in [0, 0.1) is 19.7 Å². The zero-order chi connectivity index (χ0) is 30.0. The lowest BCUT2D eigenvalue weighted by atomic mass is 9.95. The number of hydrogen-bond acceptors (Lipinski definition) is 8. The maximum Gasteiger partial charge on any atom is 0.350 e. The molecule has 4 aromatic rings. The van der Waals surface area contributed by atoms with Crippen molar-refractivity contribution in [2.24, 2.45) is 0 Å². The summed E-state index contributed by atoms with van der Waals surface area (Å²) < 4.78 is 26.1. The first-order valence-electron chi connectivity index (χ1n) is 13.2. The zero-order valence-electron chi connectivity index (χ0n) is 23.1. The summed E-state index contributed by atoms with van der Waals surface area (Å²) in [6.07, 6.45) is 0. The maximum absolute atomic E-state index is 15.2. The number of aliphatic hydroxyl groups excluding tert-OH is 1. The molecule has 1 aromatic heterocycles. The average molecular weight is 587 g/mol. The number of benzene rings is 3. The number of thiazole rings is 1. The molecule has 1 saturated heterocycles. The number of anilines is 1. The van der Waals surface area contributed by atoms with Crippen LogP contribution in [-0.4, -0.2) is 34.4 Å². The van der Waals surface area contributed by atoms with Gasteiger partial charge in [-0.15, -0.1) is 0 Å². The second-order valence-corrected chi connectivity index (χ2v) is 10.6. The summed E-state index contributed by atoms with van der Waals surface area (Å²) in [6, 6.07) is 18.6. The lowest BCUT2D eigenvalue weighted by Crippen LogP contribution is -2.29. The predicted molar refractivity (Wildman–Crippen MR) is 156 cm³/mol. The first-order chi connectivity index (χ1) is 20.2. The highest BCUT2D eigenvalue weighted by molar-refractivity contribution is 7.17. The molecule has 214 valence electrons. The number of amides is 1. The average Bonchev–Trinajstić information content (AvgIpc) is 3.48. The third kappa shape index (κ3) is 5.53. The molecule has 1 aliphatic heterocycles. The van der Waals surface area contributed by atoms with Gasteiger partial charge in [0.05, 0.1) is 17.9 Å². The van der Waals surface area contributed by atoms with Crippen LogP contribution < -0.4 is 9.64 Å². The van der Waals surface area contributed by atoms with Crippen LogP contribution in [0.25, 0.3) is 5.76 Å². The van der Waals surface area contributed by atoms with Crippen LogP contribution in [0.2, 0.25) is 0 Å². The lowest BCUT2D eigenvalue weighted by molar-refractivity contribution is -0.132. The molecule has 3 aromatic carbocycles. The normalized spacial score (nSPS) is 16.1. The summed E-state index contributed by atoms with van der Waals surface area (Å²) in [6.45, 7) is 5.71. The summed E-state index contributed by atoms with van der Waals surface area (Å²) in [7, 11) is 0. The number of rotatable bonds is 8. The second kappa shape index (κ2) is 12.0. The molecule has 1 amide bonds. The van der Waals surface area contributed by atoms with Gasteiger partial charge in [-0.3, -0.25) is 14.5 Å². The van der Waals surface area contributed by atoms with Gasteiger partial charge < -0.3 is 14.6 Å². The number of aromatic nitrogens is 1. The van der Waals surface area contributed by atoms with Crippen LogP contribution in [0.3, 0.4) is 0 Å². The number of halogens is 1. The Morgan fingerprint density at radius 2 is 1.79 bits per heavy atom. The van der Waals surface area contributed by atoms with Crippen LogP contribution in [0.5, 0.6) is 5.75 Å². The van der Waals surface area contributed by atoms with Crippen molar-refractivity contribution in [3.63, 3.8) is 0 Å². The summed E-state index contributed by atoms with van der Waals surface area (Å²) >= 11 is 0.855. The molecule has 42 heavy (non-hydrogen) atoms. The smallest absolute Gasteiger partial charge is 0.350 e. The molecule has 8 nitrogen and oxygen atoms in total. The van der Waals surface area contributed by atoms with Crippen molar-refractivity contribution < 1.29 is 33.4 Å². The number of aryl methyl sites for hydroxylation is 2. The summed E-state index contributed by atoms with van der Waals surface area (Å²) in [5.74, 6) is -3.27. The van der Waals surface area contributed by atoms with E-state index in [9.17, 15) is 19.5 Å². The third-order valence-electron chi connectivity index (χ3n) is 6.71. The Kier molecular flexibility index (Phi) is 8.17. The molecule has 5 rings (SSSR count). The van der Waals surface area contributed by atoms with Crippen LogP contribution in [-0.2, 0) is 20.9 Å². The molecule has 1 N–H and O–H groups in total. The first-order valence-corrected chi connectivity index (χ1v) is 14.0. The van der Waals surface area contributed by atoms with Crippen LogP contribution in [0.4, 0.5) is 9.52 Å². The van der Waals surface area contributed by atoms with Gasteiger partial charge in [-0.25, -0.2) is 14.2 Å². The van der Waals surface area contributed by atoms with E-state index in [1.807, 2.05) is 31.2 Å². The van der Waals surface area contributed by atoms with E-state index in [4.69, 9.17) is 9.47 Å². The number of carbonyl (C=O) groups excluding carboxylic acids is 3. The van der Waals surface area contributed by atoms with Gasteiger partial charge in [0.15, 0.2) is 5.13 Å². The van der Waals surface area contributed by atoms with E-state index in [1.54, 1.807) is 44.2 Å². The van der Waals surface area contributed by atoms with E-state index in [1.165, 1.54) is 18.2 Å². The molecular formula is C32H27FN2O6S. The highest BCUT2D eigenvalue weighted by Crippen LogP contribution is 2.44. The van der Waals surface area contributed by atoms with Gasteiger partial charge in [0.1, 0.15) is 34.9 Å². The molecule has 0 bridgehead atoms. The van der Waals surface area contributed by atoms with Crippen molar-refractivity contribution in [1.82, 2.24) is 4.98 Å². The molecule has 1 fully saturated rings. The summed E-state index contributed by atoms with van der Waals surface area (Å²) in [5, 5.41) is 11.4. The number of carbonyl (C=O) groups is 3. The Labute approximate surface area is 245 Å². The topological polar surface area (TPSA) is 106 Å². The van der Waals surface area contributed by atoms with Crippen LogP contribution in [0.1, 0.15) is 50.6 Å². The molecule has 10 heteroatoms. The van der Waals surface area contributed by atoms with E-state index in [-0.39, 0.29) is 33.3 Å². The van der Waals surface area contributed by atoms with Gasteiger partial charge >= 0.3 is 11.9 Å². The standard InChI is InChI=1S/C32H27FN2O6S/c1-4-40-31(39)29-19(3)34-32(42-29)35-26(23-10-5-6-11-24(23)33)25(28(37)30(35)38)27(36)21-12-14-22(15-13-21)41-17-20-9-7-8-18(2)16-20/h5-16,26,36H,4,17H2,1-3H3. The van der Waals surface area contributed by atoms with Gasteiger partial charge in [-0.1, -0.05) is 59.4 Å². The SMILES string of the molecule is CCOC(=O)c1sc(N2C(=O)C(=O)C(=C(O)c3ccc(OCc4cccc(C)c4)cc3)C2c2ccccc2F)nc1C.